The molecule has 1 rings (SSSR count). The van der Waals surface area contributed by atoms with Crippen molar-refractivity contribution >= 4 is 29.2 Å². The number of hydrogen-bond acceptors (Lipinski definition) is 5. The number of esters is 1. The van der Waals surface area contributed by atoms with Crippen LogP contribution in [0, 0.1) is 0 Å². The molecule has 0 bridgehead atoms. The first-order valence-corrected chi connectivity index (χ1v) is 5.29. The van der Waals surface area contributed by atoms with Crippen LogP contribution in [0.5, 0.6) is 0 Å². The molecule has 0 saturated heterocycles. The van der Waals surface area contributed by atoms with Crippen molar-refractivity contribution in [3.8, 4) is 0 Å². The predicted octanol–water partition coefficient (Wildman–Crippen LogP) is 1.29. The molecular weight excluding hydrogens is 246 g/mol. The van der Waals surface area contributed by atoms with Gasteiger partial charge in [-0.05, 0) is 18.5 Å². The van der Waals surface area contributed by atoms with E-state index in [-0.39, 0.29) is 29.2 Å². The van der Waals surface area contributed by atoms with Gasteiger partial charge in [-0.25, -0.2) is 14.8 Å². The number of rotatable bonds is 3. The first-order chi connectivity index (χ1) is 7.97. The highest BCUT2D eigenvalue weighted by molar-refractivity contribution is 6.28. The normalized spacial score (nSPS) is 9.88. The number of ether oxygens (including phenoxy) is 1. The van der Waals surface area contributed by atoms with Crippen LogP contribution in [-0.2, 0) is 9.53 Å². The number of carbonyl (C=O) groups is 2. The molecule has 1 heterocycles. The third-order valence-corrected chi connectivity index (χ3v) is 2.22. The molecule has 0 N–H and O–H groups in total. The van der Waals surface area contributed by atoms with Gasteiger partial charge in [-0.3, -0.25) is 4.79 Å². The second-order valence-electron chi connectivity index (χ2n) is 3.17. The fourth-order valence-electron chi connectivity index (χ4n) is 1.12. The minimum atomic E-state index is -0.639. The average Bonchev–Trinajstić information content (AvgIpc) is 2.28. The van der Waals surface area contributed by atoms with Crippen LogP contribution in [0.3, 0.4) is 0 Å². The van der Waals surface area contributed by atoms with Gasteiger partial charge in [0.15, 0.2) is 5.69 Å². The van der Waals surface area contributed by atoms with Gasteiger partial charge in [-0.15, -0.1) is 0 Å². The van der Waals surface area contributed by atoms with Gasteiger partial charge in [0.05, 0.1) is 18.5 Å². The smallest absolute Gasteiger partial charge is 0.359 e. The van der Waals surface area contributed by atoms with Crippen LogP contribution in [-0.4, -0.2) is 35.5 Å². The number of nitrogens with zero attached hydrogens (tertiary/aromatic N) is 3. The zero-order valence-electron chi connectivity index (χ0n) is 9.73. The largest absolute Gasteiger partial charge is 0.461 e. The Balaban J connectivity index is 3.21. The summed E-state index contributed by atoms with van der Waals surface area (Å²) in [5.74, 6) is -0.888. The van der Waals surface area contributed by atoms with Gasteiger partial charge in [0.2, 0.25) is 11.2 Å². The fraction of sp³-hybridized carbons (Fsp3) is 0.400. The third kappa shape index (κ3) is 3.13. The van der Waals surface area contributed by atoms with Crippen molar-refractivity contribution in [2.45, 2.75) is 13.8 Å². The van der Waals surface area contributed by atoms with E-state index in [1.807, 2.05) is 0 Å². The maximum Gasteiger partial charge on any atom is 0.359 e. The molecule has 0 fully saturated rings. The molecule has 0 aliphatic heterocycles. The topological polar surface area (TPSA) is 72.4 Å². The zero-order chi connectivity index (χ0) is 13.0. The lowest BCUT2D eigenvalue weighted by Crippen LogP contribution is -2.26. The third-order valence-electron chi connectivity index (χ3n) is 2.04. The van der Waals surface area contributed by atoms with E-state index in [0.717, 1.165) is 0 Å². The predicted molar refractivity (Wildman–Crippen MR) is 62.1 cm³/mol. The molecule has 6 nitrogen and oxygen atoms in total. The van der Waals surface area contributed by atoms with Gasteiger partial charge < -0.3 is 9.64 Å². The summed E-state index contributed by atoms with van der Waals surface area (Å²) in [4.78, 5) is 31.7. The molecule has 1 amide bonds. The van der Waals surface area contributed by atoms with Crippen molar-refractivity contribution in [1.29, 1.82) is 0 Å². The van der Waals surface area contributed by atoms with Crippen molar-refractivity contribution in [2.24, 2.45) is 0 Å². The zero-order valence-corrected chi connectivity index (χ0v) is 10.5. The lowest BCUT2D eigenvalue weighted by Gasteiger charge is -2.16. The molecule has 0 spiro atoms. The highest BCUT2D eigenvalue weighted by Gasteiger charge is 2.20. The van der Waals surface area contributed by atoms with Gasteiger partial charge in [-0.2, -0.15) is 0 Å². The highest BCUT2D eigenvalue weighted by atomic mass is 35.5. The van der Waals surface area contributed by atoms with E-state index >= 15 is 0 Å². The van der Waals surface area contributed by atoms with E-state index in [2.05, 4.69) is 9.97 Å². The number of anilines is 1. The van der Waals surface area contributed by atoms with E-state index in [1.165, 1.54) is 25.1 Å². The summed E-state index contributed by atoms with van der Waals surface area (Å²) >= 11 is 5.61. The molecule has 0 atom stereocenters. The molecule has 17 heavy (non-hydrogen) atoms. The molecular formula is C10H12ClN3O3. The van der Waals surface area contributed by atoms with E-state index in [9.17, 15) is 9.59 Å². The standard InChI is InChI=1S/C10H12ClN3O3/c1-4-17-9(16)8-7(14(3)6(2)15)5-12-10(11)13-8/h5H,4H2,1-3H3. The minimum Gasteiger partial charge on any atom is -0.461 e. The van der Waals surface area contributed by atoms with Crippen LogP contribution in [0.4, 0.5) is 5.69 Å². The molecule has 0 radical (unpaired) electrons. The number of aromatic nitrogens is 2. The van der Waals surface area contributed by atoms with Gasteiger partial charge in [0, 0.05) is 14.0 Å². The summed E-state index contributed by atoms with van der Waals surface area (Å²) in [7, 11) is 1.51. The number of amides is 1. The molecule has 0 saturated carbocycles. The van der Waals surface area contributed by atoms with Crippen LogP contribution in [0.1, 0.15) is 24.3 Å². The summed E-state index contributed by atoms with van der Waals surface area (Å²) in [6.07, 6.45) is 1.31. The summed E-state index contributed by atoms with van der Waals surface area (Å²) in [5.41, 5.74) is 0.241. The Hall–Kier alpha value is -1.69. The van der Waals surface area contributed by atoms with Crippen molar-refractivity contribution < 1.29 is 14.3 Å². The quantitative estimate of drug-likeness (QED) is 0.603. The molecule has 0 unspecified atom stereocenters. The average molecular weight is 258 g/mol. The second kappa shape index (κ2) is 5.58. The SMILES string of the molecule is CCOC(=O)c1nc(Cl)ncc1N(C)C(C)=O. The number of halogens is 1. The lowest BCUT2D eigenvalue weighted by atomic mass is 10.3. The number of hydrogen-bond donors (Lipinski definition) is 0. The van der Waals surface area contributed by atoms with Gasteiger partial charge in [0.1, 0.15) is 0 Å². The highest BCUT2D eigenvalue weighted by Crippen LogP contribution is 2.19. The molecule has 0 aliphatic rings. The van der Waals surface area contributed by atoms with Crippen LogP contribution in [0.15, 0.2) is 6.20 Å². The Labute approximate surface area is 104 Å². The Kier molecular flexibility index (Phi) is 4.39. The Morgan fingerprint density at radius 1 is 1.53 bits per heavy atom. The van der Waals surface area contributed by atoms with E-state index in [4.69, 9.17) is 16.3 Å². The maximum absolute atomic E-state index is 11.6. The van der Waals surface area contributed by atoms with Crippen LogP contribution < -0.4 is 4.90 Å². The molecule has 7 heteroatoms. The van der Waals surface area contributed by atoms with Crippen molar-refractivity contribution in [1.82, 2.24) is 9.97 Å². The maximum atomic E-state index is 11.6. The van der Waals surface area contributed by atoms with Gasteiger partial charge >= 0.3 is 5.97 Å². The summed E-state index contributed by atoms with van der Waals surface area (Å²) in [5, 5.41) is -0.0752. The first kappa shape index (κ1) is 13.4. The molecule has 0 aromatic carbocycles. The summed E-state index contributed by atoms with van der Waals surface area (Å²) in [6.45, 7) is 3.25. The van der Waals surface area contributed by atoms with Crippen LogP contribution in [0.2, 0.25) is 5.28 Å². The van der Waals surface area contributed by atoms with Crippen molar-refractivity contribution in [2.75, 3.05) is 18.6 Å². The van der Waals surface area contributed by atoms with Gasteiger partial charge in [-0.1, -0.05) is 0 Å². The lowest BCUT2D eigenvalue weighted by molar-refractivity contribution is -0.116. The molecule has 92 valence electrons. The van der Waals surface area contributed by atoms with E-state index in [1.54, 1.807) is 6.92 Å². The van der Waals surface area contributed by atoms with Crippen molar-refractivity contribution in [3.63, 3.8) is 0 Å². The molecule has 1 aromatic rings. The van der Waals surface area contributed by atoms with E-state index in [0.29, 0.717) is 0 Å². The van der Waals surface area contributed by atoms with Crippen LogP contribution in [0.25, 0.3) is 0 Å². The minimum absolute atomic E-state index is 0.0236. The number of carbonyl (C=O) groups excluding carboxylic acids is 2. The Morgan fingerprint density at radius 2 is 2.18 bits per heavy atom. The molecule has 0 aliphatic carbocycles. The second-order valence-corrected chi connectivity index (χ2v) is 3.51. The summed E-state index contributed by atoms with van der Waals surface area (Å²) in [6, 6.07) is 0. The first-order valence-electron chi connectivity index (χ1n) is 4.91. The monoisotopic (exact) mass is 257 g/mol. The van der Waals surface area contributed by atoms with Gasteiger partial charge in [0.25, 0.3) is 0 Å². The Morgan fingerprint density at radius 3 is 2.71 bits per heavy atom. The Bertz CT molecular complexity index is 450. The fourth-order valence-corrected chi connectivity index (χ4v) is 1.25. The van der Waals surface area contributed by atoms with Crippen LogP contribution >= 0.6 is 11.6 Å². The molecule has 1 aromatic heterocycles. The van der Waals surface area contributed by atoms with E-state index < -0.39 is 5.97 Å². The summed E-state index contributed by atoms with van der Waals surface area (Å²) < 4.78 is 4.83. The van der Waals surface area contributed by atoms with Crippen molar-refractivity contribution in [3.05, 3.63) is 17.2 Å².